The first-order chi connectivity index (χ1) is 9.21. The number of carbonyl (C=O) groups is 1. The summed E-state index contributed by atoms with van der Waals surface area (Å²) in [5.74, 6) is -2.06. The minimum absolute atomic E-state index is 0.0547. The fraction of sp³-hybridized carbons (Fsp3) is 0.667. The lowest BCUT2D eigenvalue weighted by atomic mass is 9.86. The summed E-state index contributed by atoms with van der Waals surface area (Å²) in [6.07, 6.45) is 0.615. The third-order valence-corrected chi connectivity index (χ3v) is 6.11. The number of rotatable bonds is 4. The van der Waals surface area contributed by atoms with Gasteiger partial charge in [0.25, 0.3) is 0 Å². The maximum Gasteiger partial charge on any atom is 0.307 e. The third kappa shape index (κ3) is 2.98. The Morgan fingerprint density at radius 2 is 2.25 bits per heavy atom. The van der Waals surface area contributed by atoms with Crippen molar-refractivity contribution >= 4 is 27.4 Å². The number of aliphatic carboxylic acids is 1. The molecule has 2 rings (SSSR count). The van der Waals surface area contributed by atoms with Crippen LogP contribution >= 0.6 is 11.6 Å². The molecule has 2 heterocycles. The molecule has 0 aromatic carbocycles. The maximum absolute atomic E-state index is 11.5. The Labute approximate surface area is 122 Å². The van der Waals surface area contributed by atoms with Gasteiger partial charge in [0, 0.05) is 12.6 Å². The van der Waals surface area contributed by atoms with Crippen molar-refractivity contribution in [3.8, 4) is 0 Å². The van der Waals surface area contributed by atoms with Crippen LogP contribution in [0.4, 0.5) is 0 Å². The molecule has 1 aliphatic heterocycles. The van der Waals surface area contributed by atoms with E-state index < -0.39 is 21.7 Å². The van der Waals surface area contributed by atoms with Crippen molar-refractivity contribution < 1.29 is 18.3 Å². The molecule has 2 atom stereocenters. The number of halogens is 1. The summed E-state index contributed by atoms with van der Waals surface area (Å²) in [5, 5.41) is 14.0. The fourth-order valence-electron chi connectivity index (χ4n) is 2.72. The minimum Gasteiger partial charge on any atom is -0.481 e. The summed E-state index contributed by atoms with van der Waals surface area (Å²) in [7, 11) is -1.41. The van der Waals surface area contributed by atoms with Crippen LogP contribution in [-0.2, 0) is 28.1 Å². The van der Waals surface area contributed by atoms with E-state index in [1.807, 2.05) is 0 Å². The van der Waals surface area contributed by atoms with Gasteiger partial charge in [-0.2, -0.15) is 5.10 Å². The molecule has 0 saturated carbocycles. The van der Waals surface area contributed by atoms with E-state index >= 15 is 0 Å². The van der Waals surface area contributed by atoms with Crippen molar-refractivity contribution in [1.82, 2.24) is 9.78 Å². The van der Waals surface area contributed by atoms with Crippen LogP contribution in [-0.4, -0.2) is 40.8 Å². The van der Waals surface area contributed by atoms with Crippen LogP contribution in [0, 0.1) is 18.8 Å². The van der Waals surface area contributed by atoms with E-state index in [0.29, 0.717) is 22.8 Å². The van der Waals surface area contributed by atoms with Crippen LogP contribution in [0.2, 0.25) is 5.15 Å². The van der Waals surface area contributed by atoms with E-state index in [-0.39, 0.29) is 23.8 Å². The Morgan fingerprint density at radius 3 is 2.65 bits per heavy atom. The van der Waals surface area contributed by atoms with Gasteiger partial charge in [0.1, 0.15) is 5.15 Å². The molecule has 20 heavy (non-hydrogen) atoms. The molecular weight excluding hydrogens is 304 g/mol. The Balaban J connectivity index is 2.25. The van der Waals surface area contributed by atoms with E-state index in [1.54, 1.807) is 14.0 Å². The number of sulfone groups is 1. The van der Waals surface area contributed by atoms with Gasteiger partial charge in [-0.15, -0.1) is 0 Å². The van der Waals surface area contributed by atoms with Crippen LogP contribution in [0.15, 0.2) is 0 Å². The maximum atomic E-state index is 11.5. The van der Waals surface area contributed by atoms with Gasteiger partial charge in [-0.3, -0.25) is 9.48 Å². The molecule has 112 valence electrons. The van der Waals surface area contributed by atoms with Crippen molar-refractivity contribution in [1.29, 1.82) is 0 Å². The Hall–Kier alpha value is -1.08. The number of nitrogens with zero attached hydrogens (tertiary/aromatic N) is 2. The largest absolute Gasteiger partial charge is 0.481 e. The van der Waals surface area contributed by atoms with Crippen LogP contribution in [0.25, 0.3) is 0 Å². The first-order valence-electron chi connectivity index (χ1n) is 6.32. The monoisotopic (exact) mass is 320 g/mol. The molecule has 8 heteroatoms. The highest BCUT2D eigenvalue weighted by Crippen LogP contribution is 2.31. The predicted molar refractivity (Wildman–Crippen MR) is 74.5 cm³/mol. The summed E-state index contributed by atoms with van der Waals surface area (Å²) < 4.78 is 24.5. The molecular formula is C12H17ClN2O4S. The average Bonchev–Trinajstić information content (AvgIpc) is 2.78. The molecule has 6 nitrogen and oxygen atoms in total. The van der Waals surface area contributed by atoms with Gasteiger partial charge in [-0.25, -0.2) is 8.42 Å². The van der Waals surface area contributed by atoms with Gasteiger partial charge in [-0.05, 0) is 25.7 Å². The highest BCUT2D eigenvalue weighted by molar-refractivity contribution is 7.91. The summed E-state index contributed by atoms with van der Waals surface area (Å²) in [4.78, 5) is 11.5. The lowest BCUT2D eigenvalue weighted by molar-refractivity contribution is -0.143. The Bertz CT molecular complexity index is 638. The molecule has 2 unspecified atom stereocenters. The second kappa shape index (κ2) is 5.37. The van der Waals surface area contributed by atoms with Crippen LogP contribution in [0.3, 0.4) is 0 Å². The van der Waals surface area contributed by atoms with Crippen molar-refractivity contribution in [2.75, 3.05) is 11.5 Å². The number of hydrogen-bond donors (Lipinski definition) is 1. The minimum atomic E-state index is -3.10. The second-order valence-corrected chi connectivity index (χ2v) is 7.88. The SMILES string of the molecule is Cc1nn(C)c(Cl)c1CC(C(=O)O)C1CCS(=O)(=O)C1. The first-order valence-corrected chi connectivity index (χ1v) is 8.52. The van der Waals surface area contributed by atoms with E-state index in [0.717, 1.165) is 0 Å². The van der Waals surface area contributed by atoms with Crippen molar-refractivity contribution in [3.63, 3.8) is 0 Å². The summed E-state index contributed by atoms with van der Waals surface area (Å²) >= 11 is 6.11. The van der Waals surface area contributed by atoms with Crippen molar-refractivity contribution in [2.45, 2.75) is 19.8 Å². The number of carboxylic acids is 1. The smallest absolute Gasteiger partial charge is 0.307 e. The van der Waals surface area contributed by atoms with E-state index in [4.69, 9.17) is 11.6 Å². The van der Waals surface area contributed by atoms with Gasteiger partial charge >= 0.3 is 5.97 Å². The Kier molecular flexibility index (Phi) is 4.11. The number of aromatic nitrogens is 2. The molecule has 1 aromatic heterocycles. The average molecular weight is 321 g/mol. The zero-order valence-electron chi connectivity index (χ0n) is 11.3. The number of hydrogen-bond acceptors (Lipinski definition) is 4. The van der Waals surface area contributed by atoms with Crippen LogP contribution < -0.4 is 0 Å². The van der Waals surface area contributed by atoms with Gasteiger partial charge in [0.2, 0.25) is 0 Å². The summed E-state index contributed by atoms with van der Waals surface area (Å²) in [6.45, 7) is 1.77. The highest BCUT2D eigenvalue weighted by atomic mass is 35.5. The normalized spacial score (nSPS) is 22.9. The highest BCUT2D eigenvalue weighted by Gasteiger charge is 2.38. The zero-order valence-corrected chi connectivity index (χ0v) is 12.9. The molecule has 1 N–H and O–H groups in total. The van der Waals surface area contributed by atoms with Crippen molar-refractivity contribution in [2.24, 2.45) is 18.9 Å². The third-order valence-electron chi connectivity index (χ3n) is 3.85. The molecule has 1 aliphatic rings. The molecule has 0 amide bonds. The first kappa shape index (κ1) is 15.3. The number of carboxylic acid groups (broad SMARTS) is 1. The van der Waals surface area contributed by atoms with Crippen LogP contribution in [0.1, 0.15) is 17.7 Å². The molecule has 0 aliphatic carbocycles. The molecule has 0 radical (unpaired) electrons. The number of aryl methyl sites for hydroxylation is 2. The lowest BCUT2D eigenvalue weighted by Gasteiger charge is -2.18. The molecule has 1 saturated heterocycles. The zero-order chi connectivity index (χ0) is 15.1. The summed E-state index contributed by atoms with van der Waals surface area (Å²) in [5.41, 5.74) is 1.37. The molecule has 0 spiro atoms. The predicted octanol–water partition coefficient (Wildman–Crippen LogP) is 1.06. The topological polar surface area (TPSA) is 89.3 Å². The quantitative estimate of drug-likeness (QED) is 0.896. The standard InChI is InChI=1S/C12H17ClN2O4S/c1-7-9(11(13)15(2)14-7)5-10(12(16)17)8-3-4-20(18,19)6-8/h8,10H,3-6H2,1-2H3,(H,16,17). The van der Waals surface area contributed by atoms with Gasteiger partial charge < -0.3 is 5.11 Å². The lowest BCUT2D eigenvalue weighted by Crippen LogP contribution is -2.27. The van der Waals surface area contributed by atoms with Crippen molar-refractivity contribution in [3.05, 3.63) is 16.4 Å². The Morgan fingerprint density at radius 1 is 1.60 bits per heavy atom. The van der Waals surface area contributed by atoms with Crippen LogP contribution in [0.5, 0.6) is 0 Å². The molecule has 1 aromatic rings. The second-order valence-electron chi connectivity index (χ2n) is 5.29. The van der Waals surface area contributed by atoms with Gasteiger partial charge in [-0.1, -0.05) is 11.6 Å². The molecule has 0 bridgehead atoms. The van der Waals surface area contributed by atoms with E-state index in [1.165, 1.54) is 4.68 Å². The summed E-state index contributed by atoms with van der Waals surface area (Å²) in [6, 6.07) is 0. The van der Waals surface area contributed by atoms with E-state index in [2.05, 4.69) is 5.10 Å². The van der Waals surface area contributed by atoms with Gasteiger partial charge in [0.05, 0.1) is 23.1 Å². The fourth-order valence-corrected chi connectivity index (χ4v) is 4.85. The van der Waals surface area contributed by atoms with Gasteiger partial charge in [0.15, 0.2) is 9.84 Å². The molecule has 1 fully saturated rings. The van der Waals surface area contributed by atoms with E-state index in [9.17, 15) is 18.3 Å².